The summed E-state index contributed by atoms with van der Waals surface area (Å²) in [6, 6.07) is -0.0735. The van der Waals surface area contributed by atoms with Gasteiger partial charge in [-0.15, -0.1) is 0 Å². The molecule has 2 N–H and O–H groups in total. The number of rotatable bonds is 4. The first-order valence-corrected chi connectivity index (χ1v) is 4.87. The summed E-state index contributed by atoms with van der Waals surface area (Å²) in [5.41, 5.74) is 6.65. The topological polar surface area (TPSA) is 55.3 Å². The van der Waals surface area contributed by atoms with E-state index in [0.717, 1.165) is 30.3 Å². The van der Waals surface area contributed by atoms with Gasteiger partial charge in [0.05, 0.1) is 11.7 Å². The van der Waals surface area contributed by atoms with Crippen molar-refractivity contribution in [3.05, 3.63) is 17.3 Å². The fraction of sp³-hybridized carbons (Fsp3) is 0.700. The number of nitrogens with zero attached hydrogens (tertiary/aromatic N) is 2. The Hall–Kier alpha value is -0.870. The Morgan fingerprint density at radius 1 is 1.50 bits per heavy atom. The molecule has 0 aliphatic heterocycles. The quantitative estimate of drug-likeness (QED) is 0.785. The highest BCUT2D eigenvalue weighted by Crippen LogP contribution is 2.16. The minimum absolute atomic E-state index is 0.0735. The number of aromatic nitrogens is 1. The number of nitrogens with two attached hydrogens (primary N) is 1. The lowest BCUT2D eigenvalue weighted by Gasteiger charge is -2.06. The molecule has 0 amide bonds. The van der Waals surface area contributed by atoms with Gasteiger partial charge in [-0.1, -0.05) is 0 Å². The third-order valence-electron chi connectivity index (χ3n) is 2.06. The zero-order valence-electron chi connectivity index (χ0n) is 9.37. The second-order valence-corrected chi connectivity index (χ2v) is 3.90. The molecule has 0 fully saturated rings. The van der Waals surface area contributed by atoms with Crippen LogP contribution < -0.4 is 5.73 Å². The molecule has 0 radical (unpaired) electrons. The van der Waals surface area contributed by atoms with Crippen LogP contribution in [0.1, 0.15) is 30.3 Å². The highest BCUT2D eigenvalue weighted by molar-refractivity contribution is 5.11. The molecule has 0 bridgehead atoms. The fourth-order valence-corrected chi connectivity index (χ4v) is 1.31. The Bertz CT molecular complexity index is 292. The van der Waals surface area contributed by atoms with Crippen LogP contribution >= 0.6 is 0 Å². The molecule has 0 aliphatic carbocycles. The second kappa shape index (κ2) is 4.57. The van der Waals surface area contributed by atoms with E-state index >= 15 is 0 Å². The summed E-state index contributed by atoms with van der Waals surface area (Å²) < 4.78 is 5.56. The molecule has 0 aliphatic rings. The molecule has 1 atom stereocenters. The van der Waals surface area contributed by atoms with E-state index in [4.69, 9.17) is 10.2 Å². The highest BCUT2D eigenvalue weighted by atomic mass is 16.4. The van der Waals surface area contributed by atoms with Crippen molar-refractivity contribution in [3.63, 3.8) is 0 Å². The van der Waals surface area contributed by atoms with Crippen molar-refractivity contribution in [1.82, 2.24) is 9.88 Å². The van der Waals surface area contributed by atoms with Crippen LogP contribution in [0.5, 0.6) is 0 Å². The van der Waals surface area contributed by atoms with Crippen molar-refractivity contribution >= 4 is 0 Å². The molecule has 1 heterocycles. The van der Waals surface area contributed by atoms with Crippen LogP contribution in [0.15, 0.2) is 4.42 Å². The monoisotopic (exact) mass is 197 g/mol. The van der Waals surface area contributed by atoms with E-state index in [-0.39, 0.29) is 6.04 Å². The van der Waals surface area contributed by atoms with E-state index in [1.54, 1.807) is 0 Å². The molecule has 0 saturated carbocycles. The van der Waals surface area contributed by atoms with Gasteiger partial charge in [0.15, 0.2) is 5.89 Å². The molecule has 4 heteroatoms. The summed E-state index contributed by atoms with van der Waals surface area (Å²) in [7, 11) is 4.06. The average Bonchev–Trinajstić information content (AvgIpc) is 2.43. The molecule has 1 aromatic heterocycles. The van der Waals surface area contributed by atoms with E-state index in [1.165, 1.54) is 0 Å². The maximum atomic E-state index is 5.74. The molecule has 1 unspecified atom stereocenters. The molecule has 0 saturated heterocycles. The molecule has 1 rings (SSSR count). The van der Waals surface area contributed by atoms with Crippen LogP contribution in [-0.2, 0) is 6.42 Å². The van der Waals surface area contributed by atoms with Crippen molar-refractivity contribution in [2.45, 2.75) is 26.3 Å². The Morgan fingerprint density at radius 2 is 2.14 bits per heavy atom. The van der Waals surface area contributed by atoms with Crippen LogP contribution in [0.4, 0.5) is 0 Å². The summed E-state index contributed by atoms with van der Waals surface area (Å²) in [5, 5.41) is 0. The average molecular weight is 197 g/mol. The van der Waals surface area contributed by atoms with Gasteiger partial charge in [-0.25, -0.2) is 4.98 Å². The molecular weight excluding hydrogens is 178 g/mol. The normalized spacial score (nSPS) is 13.6. The van der Waals surface area contributed by atoms with Gasteiger partial charge < -0.3 is 15.1 Å². The van der Waals surface area contributed by atoms with Crippen molar-refractivity contribution in [3.8, 4) is 0 Å². The second-order valence-electron chi connectivity index (χ2n) is 3.90. The van der Waals surface area contributed by atoms with Gasteiger partial charge in [0.2, 0.25) is 0 Å². The Morgan fingerprint density at radius 3 is 2.57 bits per heavy atom. The molecule has 1 aromatic rings. The first-order valence-electron chi connectivity index (χ1n) is 4.87. The van der Waals surface area contributed by atoms with Gasteiger partial charge in [-0.2, -0.15) is 0 Å². The maximum absolute atomic E-state index is 5.74. The van der Waals surface area contributed by atoms with E-state index in [9.17, 15) is 0 Å². The van der Waals surface area contributed by atoms with E-state index in [2.05, 4.69) is 9.88 Å². The number of likely N-dealkylation sites (N-methyl/N-ethyl adjacent to an activating group) is 1. The molecular formula is C10H19N3O. The number of hydrogen-bond donors (Lipinski definition) is 1. The summed E-state index contributed by atoms with van der Waals surface area (Å²) in [6.45, 7) is 4.78. The summed E-state index contributed by atoms with van der Waals surface area (Å²) in [5.74, 6) is 1.59. The largest absolute Gasteiger partial charge is 0.444 e. The predicted octanol–water partition coefficient (Wildman–Crippen LogP) is 1.11. The molecule has 0 aromatic carbocycles. The minimum atomic E-state index is -0.0735. The van der Waals surface area contributed by atoms with Crippen LogP contribution in [-0.4, -0.2) is 30.5 Å². The lowest BCUT2D eigenvalue weighted by atomic mass is 10.2. The third-order valence-corrected chi connectivity index (χ3v) is 2.06. The molecule has 0 spiro atoms. The minimum Gasteiger partial charge on any atom is -0.444 e. The van der Waals surface area contributed by atoms with Gasteiger partial charge in [0.25, 0.3) is 0 Å². The zero-order valence-corrected chi connectivity index (χ0v) is 9.37. The number of oxazole rings is 1. The van der Waals surface area contributed by atoms with Crippen LogP contribution in [0, 0.1) is 6.92 Å². The van der Waals surface area contributed by atoms with E-state index in [1.807, 2.05) is 27.9 Å². The van der Waals surface area contributed by atoms with Crippen LogP contribution in [0.25, 0.3) is 0 Å². The summed E-state index contributed by atoms with van der Waals surface area (Å²) in [4.78, 5) is 6.43. The first kappa shape index (κ1) is 11.2. The Labute approximate surface area is 85.1 Å². The van der Waals surface area contributed by atoms with Crippen molar-refractivity contribution in [1.29, 1.82) is 0 Å². The highest BCUT2D eigenvalue weighted by Gasteiger charge is 2.12. The van der Waals surface area contributed by atoms with Crippen LogP contribution in [0.3, 0.4) is 0 Å². The van der Waals surface area contributed by atoms with Gasteiger partial charge in [-0.05, 0) is 27.9 Å². The summed E-state index contributed by atoms with van der Waals surface area (Å²) >= 11 is 0. The predicted molar refractivity (Wildman–Crippen MR) is 56.1 cm³/mol. The lowest BCUT2D eigenvalue weighted by molar-refractivity contribution is 0.372. The van der Waals surface area contributed by atoms with E-state index < -0.39 is 0 Å². The standard InChI is InChI=1S/C10H19N3O/c1-7(11)10-8(2)12-9(14-10)5-6-13(3)4/h7H,5-6,11H2,1-4H3. The van der Waals surface area contributed by atoms with E-state index in [0.29, 0.717) is 0 Å². The Kier molecular flexibility index (Phi) is 3.66. The molecule has 80 valence electrons. The molecule has 14 heavy (non-hydrogen) atoms. The maximum Gasteiger partial charge on any atom is 0.195 e. The molecule has 4 nitrogen and oxygen atoms in total. The summed E-state index contributed by atoms with van der Waals surface area (Å²) in [6.07, 6.45) is 0.834. The third kappa shape index (κ3) is 2.82. The Balaban J connectivity index is 2.66. The SMILES string of the molecule is Cc1nc(CCN(C)C)oc1C(C)N. The van der Waals surface area contributed by atoms with Crippen molar-refractivity contribution in [2.24, 2.45) is 5.73 Å². The van der Waals surface area contributed by atoms with Gasteiger partial charge >= 0.3 is 0 Å². The van der Waals surface area contributed by atoms with Crippen LogP contribution in [0.2, 0.25) is 0 Å². The van der Waals surface area contributed by atoms with Gasteiger partial charge in [0.1, 0.15) is 5.76 Å². The van der Waals surface area contributed by atoms with Crippen molar-refractivity contribution < 1.29 is 4.42 Å². The lowest BCUT2D eigenvalue weighted by Crippen LogP contribution is -2.15. The number of aryl methyl sites for hydroxylation is 1. The van der Waals surface area contributed by atoms with Crippen molar-refractivity contribution in [2.75, 3.05) is 20.6 Å². The smallest absolute Gasteiger partial charge is 0.195 e. The van der Waals surface area contributed by atoms with Gasteiger partial charge in [0, 0.05) is 13.0 Å². The van der Waals surface area contributed by atoms with Gasteiger partial charge in [-0.3, -0.25) is 0 Å². The number of hydrogen-bond acceptors (Lipinski definition) is 4. The zero-order chi connectivity index (χ0) is 10.7. The fourth-order valence-electron chi connectivity index (χ4n) is 1.31. The first-order chi connectivity index (χ1) is 6.50.